The van der Waals surface area contributed by atoms with Crippen LogP contribution in [0.15, 0.2) is 41.8 Å². The lowest BCUT2D eigenvalue weighted by Gasteiger charge is -2.26. The highest BCUT2D eigenvalue weighted by atomic mass is 32.2. The summed E-state index contributed by atoms with van der Waals surface area (Å²) in [4.78, 5) is 22.9. The van der Waals surface area contributed by atoms with Crippen LogP contribution in [0.1, 0.15) is 5.56 Å². The molecular formula is C18H19N5O2S. The third-order valence-electron chi connectivity index (χ3n) is 4.30. The fourth-order valence-electron chi connectivity index (χ4n) is 2.85. The highest BCUT2D eigenvalue weighted by molar-refractivity contribution is 8.00. The van der Waals surface area contributed by atoms with Crippen LogP contribution >= 0.6 is 11.8 Å². The molecule has 4 rings (SSSR count). The normalized spacial score (nSPS) is 14.7. The summed E-state index contributed by atoms with van der Waals surface area (Å²) in [5.41, 5.74) is 2.88. The number of ether oxygens (including phenoxy) is 1. The van der Waals surface area contributed by atoms with E-state index in [9.17, 15) is 4.79 Å². The lowest BCUT2D eigenvalue weighted by molar-refractivity contribution is -0.132. The Morgan fingerprint density at radius 1 is 1.19 bits per heavy atom. The summed E-state index contributed by atoms with van der Waals surface area (Å²) in [6.45, 7) is 4.58. The quantitative estimate of drug-likeness (QED) is 0.518. The predicted molar refractivity (Wildman–Crippen MR) is 99.5 cm³/mol. The molecule has 1 aliphatic heterocycles. The number of carbonyl (C=O) groups excluding carboxylic acids is 1. The number of carbonyl (C=O) groups is 1. The molecule has 0 aliphatic carbocycles. The van der Waals surface area contributed by atoms with E-state index in [0.717, 1.165) is 21.7 Å². The Bertz CT molecular complexity index is 919. The second-order valence-electron chi connectivity index (χ2n) is 6.09. The van der Waals surface area contributed by atoms with E-state index in [1.807, 2.05) is 36.1 Å². The molecule has 26 heavy (non-hydrogen) atoms. The fourth-order valence-corrected chi connectivity index (χ4v) is 3.71. The van der Waals surface area contributed by atoms with Crippen molar-refractivity contribution in [2.45, 2.75) is 11.9 Å². The maximum Gasteiger partial charge on any atom is 0.233 e. The molecule has 0 unspecified atom stereocenters. The first-order valence-electron chi connectivity index (χ1n) is 8.46. The molecule has 1 aromatic carbocycles. The molecule has 134 valence electrons. The number of morpholine rings is 1. The molecule has 3 heterocycles. The fraction of sp³-hybridized carbons (Fsp3) is 0.333. The molecule has 1 aliphatic rings. The Morgan fingerprint density at radius 2 is 1.96 bits per heavy atom. The second kappa shape index (κ2) is 7.43. The molecule has 1 fully saturated rings. The van der Waals surface area contributed by atoms with Crippen molar-refractivity contribution in [3.8, 4) is 5.69 Å². The number of hydrogen-bond acceptors (Lipinski definition) is 6. The number of benzene rings is 1. The van der Waals surface area contributed by atoms with Crippen molar-refractivity contribution in [2.75, 3.05) is 32.1 Å². The maximum absolute atomic E-state index is 12.4. The first-order chi connectivity index (χ1) is 12.7. The van der Waals surface area contributed by atoms with Crippen LogP contribution in [0.5, 0.6) is 0 Å². The Hall–Kier alpha value is -2.45. The van der Waals surface area contributed by atoms with Crippen molar-refractivity contribution < 1.29 is 9.53 Å². The predicted octanol–water partition coefficient (Wildman–Crippen LogP) is 2.07. The minimum Gasteiger partial charge on any atom is -0.378 e. The van der Waals surface area contributed by atoms with Gasteiger partial charge in [0.25, 0.3) is 0 Å². The van der Waals surface area contributed by atoms with Gasteiger partial charge in [-0.3, -0.25) is 4.79 Å². The van der Waals surface area contributed by atoms with Gasteiger partial charge < -0.3 is 9.64 Å². The number of thioether (sulfide) groups is 1. The van der Waals surface area contributed by atoms with Crippen molar-refractivity contribution >= 4 is 28.7 Å². The number of aryl methyl sites for hydroxylation is 1. The van der Waals surface area contributed by atoms with Gasteiger partial charge in [-0.15, -0.1) is 0 Å². The van der Waals surface area contributed by atoms with Gasteiger partial charge in [-0.1, -0.05) is 29.5 Å². The van der Waals surface area contributed by atoms with E-state index in [2.05, 4.69) is 15.1 Å². The summed E-state index contributed by atoms with van der Waals surface area (Å²) in [5.74, 6) is 0.456. The van der Waals surface area contributed by atoms with Crippen LogP contribution in [0.2, 0.25) is 0 Å². The van der Waals surface area contributed by atoms with Gasteiger partial charge in [0.2, 0.25) is 5.91 Å². The molecule has 1 saturated heterocycles. The lowest BCUT2D eigenvalue weighted by Crippen LogP contribution is -2.41. The maximum atomic E-state index is 12.4. The van der Waals surface area contributed by atoms with Gasteiger partial charge in [0, 0.05) is 13.1 Å². The van der Waals surface area contributed by atoms with Crippen molar-refractivity contribution in [1.29, 1.82) is 0 Å². The smallest absolute Gasteiger partial charge is 0.233 e. The van der Waals surface area contributed by atoms with E-state index < -0.39 is 0 Å². The highest BCUT2D eigenvalue weighted by Crippen LogP contribution is 2.26. The molecule has 7 nitrogen and oxygen atoms in total. The molecule has 0 atom stereocenters. The Labute approximate surface area is 155 Å². The van der Waals surface area contributed by atoms with E-state index in [4.69, 9.17) is 4.74 Å². The van der Waals surface area contributed by atoms with Crippen LogP contribution in [0.25, 0.3) is 16.7 Å². The summed E-state index contributed by atoms with van der Waals surface area (Å²) in [7, 11) is 0. The minimum atomic E-state index is 0.107. The van der Waals surface area contributed by atoms with Gasteiger partial charge in [-0.05, 0) is 19.1 Å². The zero-order chi connectivity index (χ0) is 17.9. The number of amides is 1. The number of rotatable bonds is 4. The van der Waals surface area contributed by atoms with Crippen LogP contribution in [-0.2, 0) is 9.53 Å². The summed E-state index contributed by atoms with van der Waals surface area (Å²) in [6.07, 6.45) is 3.28. The molecule has 2 aromatic heterocycles. The van der Waals surface area contributed by atoms with Crippen molar-refractivity contribution in [2.24, 2.45) is 0 Å². The average molecular weight is 369 g/mol. The summed E-state index contributed by atoms with van der Waals surface area (Å²) >= 11 is 1.43. The summed E-state index contributed by atoms with van der Waals surface area (Å²) in [6, 6.07) is 8.11. The third-order valence-corrected chi connectivity index (χ3v) is 5.29. The lowest BCUT2D eigenvalue weighted by atomic mass is 10.2. The van der Waals surface area contributed by atoms with Crippen molar-refractivity contribution in [3.05, 3.63) is 42.4 Å². The monoisotopic (exact) mass is 369 g/mol. The van der Waals surface area contributed by atoms with Crippen LogP contribution in [0, 0.1) is 6.92 Å². The van der Waals surface area contributed by atoms with E-state index in [1.54, 1.807) is 10.9 Å². The molecule has 0 radical (unpaired) electrons. The van der Waals surface area contributed by atoms with Gasteiger partial charge in [0.1, 0.15) is 11.4 Å². The molecule has 0 saturated carbocycles. The SMILES string of the molecule is Cc1ccc(-n2ncc3c(SCC(=O)N4CCOCC4)ncnc32)cc1. The van der Waals surface area contributed by atoms with E-state index in [1.165, 1.54) is 23.7 Å². The standard InChI is InChI=1S/C18H19N5O2S/c1-13-2-4-14(5-3-13)23-17-15(10-21-23)18(20-12-19-17)26-11-16(24)22-6-8-25-9-7-22/h2-5,10,12H,6-9,11H2,1H3. The number of aromatic nitrogens is 4. The van der Waals surface area contributed by atoms with Gasteiger partial charge in [0.05, 0.1) is 36.2 Å². The van der Waals surface area contributed by atoms with Crippen LogP contribution in [0.3, 0.4) is 0 Å². The van der Waals surface area contributed by atoms with Crippen molar-refractivity contribution in [3.63, 3.8) is 0 Å². The van der Waals surface area contributed by atoms with E-state index >= 15 is 0 Å². The van der Waals surface area contributed by atoms with Gasteiger partial charge in [0.15, 0.2) is 5.65 Å². The first-order valence-corrected chi connectivity index (χ1v) is 9.45. The van der Waals surface area contributed by atoms with Gasteiger partial charge in [-0.2, -0.15) is 5.10 Å². The largest absolute Gasteiger partial charge is 0.378 e. The molecule has 0 spiro atoms. The molecule has 1 amide bonds. The van der Waals surface area contributed by atoms with Crippen LogP contribution in [-0.4, -0.2) is 62.6 Å². The molecule has 0 N–H and O–H groups in total. The van der Waals surface area contributed by atoms with E-state index in [-0.39, 0.29) is 5.91 Å². The third kappa shape index (κ3) is 3.42. The van der Waals surface area contributed by atoms with E-state index in [0.29, 0.717) is 32.1 Å². The molecule has 3 aromatic rings. The Morgan fingerprint density at radius 3 is 2.73 bits per heavy atom. The summed E-state index contributed by atoms with van der Waals surface area (Å²) in [5, 5.41) is 6.09. The Kier molecular flexibility index (Phi) is 4.85. The average Bonchev–Trinajstić information content (AvgIpc) is 3.12. The van der Waals surface area contributed by atoms with Gasteiger partial charge in [-0.25, -0.2) is 14.6 Å². The number of fused-ring (bicyclic) bond motifs is 1. The zero-order valence-corrected chi connectivity index (χ0v) is 15.3. The molecule has 8 heteroatoms. The van der Waals surface area contributed by atoms with Gasteiger partial charge >= 0.3 is 0 Å². The molecular weight excluding hydrogens is 350 g/mol. The topological polar surface area (TPSA) is 73.1 Å². The van der Waals surface area contributed by atoms with Crippen molar-refractivity contribution in [1.82, 2.24) is 24.6 Å². The minimum absolute atomic E-state index is 0.107. The van der Waals surface area contributed by atoms with Crippen LogP contribution < -0.4 is 0 Å². The highest BCUT2D eigenvalue weighted by Gasteiger charge is 2.18. The Balaban J connectivity index is 1.55. The van der Waals surface area contributed by atoms with Crippen LogP contribution in [0.4, 0.5) is 0 Å². The number of nitrogens with zero attached hydrogens (tertiary/aromatic N) is 5. The second-order valence-corrected chi connectivity index (χ2v) is 7.05. The number of hydrogen-bond donors (Lipinski definition) is 0. The first kappa shape index (κ1) is 17.0. The molecule has 0 bridgehead atoms. The zero-order valence-electron chi connectivity index (χ0n) is 14.5. The summed E-state index contributed by atoms with van der Waals surface area (Å²) < 4.78 is 7.09.